The average Bonchev–Trinajstić information content (AvgIpc) is 2.61. The zero-order chi connectivity index (χ0) is 16.9. The van der Waals surface area contributed by atoms with E-state index in [1.165, 1.54) is 0 Å². The molecule has 0 atom stereocenters. The topological polar surface area (TPSA) is 69.6 Å². The number of carbonyl (C=O) groups excluding carboxylic acids is 2. The second-order valence-corrected chi connectivity index (χ2v) is 5.98. The Morgan fingerprint density at radius 2 is 2.09 bits per heavy atom. The number of hydrogen-bond donors (Lipinski definition) is 2. The van der Waals surface area contributed by atoms with Crippen LogP contribution in [0.2, 0.25) is 0 Å². The highest BCUT2D eigenvalue weighted by Gasteiger charge is 2.35. The Morgan fingerprint density at radius 3 is 2.65 bits per heavy atom. The molecule has 1 aliphatic heterocycles. The van der Waals surface area contributed by atoms with Crippen molar-refractivity contribution in [2.24, 2.45) is 5.41 Å². The Bertz CT molecular complexity index is 619. The van der Waals surface area contributed by atoms with Crippen molar-refractivity contribution >= 4 is 17.5 Å². The summed E-state index contributed by atoms with van der Waals surface area (Å²) >= 11 is 0. The van der Waals surface area contributed by atoms with E-state index in [0.717, 1.165) is 6.42 Å². The molecule has 0 aromatic heterocycles. The van der Waals surface area contributed by atoms with Crippen LogP contribution in [0.4, 0.5) is 5.69 Å². The van der Waals surface area contributed by atoms with E-state index in [0.29, 0.717) is 37.2 Å². The Kier molecular flexibility index (Phi) is 5.41. The number of benzene rings is 1. The summed E-state index contributed by atoms with van der Waals surface area (Å²) in [5.74, 6) is 1.28. The van der Waals surface area contributed by atoms with Crippen LogP contribution >= 0.6 is 0 Å². The van der Waals surface area contributed by atoms with E-state index < -0.39 is 11.8 Å². The maximum atomic E-state index is 12.3. The molecule has 0 unspecified atom stereocenters. The smallest absolute Gasteiger partial charge is 0.313 e. The molecule has 23 heavy (non-hydrogen) atoms. The van der Waals surface area contributed by atoms with Gasteiger partial charge in [0.25, 0.3) is 0 Å². The normalized spacial score (nSPS) is 16.5. The summed E-state index contributed by atoms with van der Waals surface area (Å²) in [5.41, 5.74) is 1.03. The monoisotopic (exact) mass is 314 g/mol. The Labute approximate surface area is 136 Å². The summed E-state index contributed by atoms with van der Waals surface area (Å²) in [5, 5.41) is 12.1. The first kappa shape index (κ1) is 17.0. The number of rotatable bonds is 3. The lowest BCUT2D eigenvalue weighted by atomic mass is 9.77. The maximum absolute atomic E-state index is 12.3. The first-order valence-electron chi connectivity index (χ1n) is 7.81. The zero-order valence-corrected chi connectivity index (χ0v) is 13.3. The molecule has 0 spiro atoms. The lowest BCUT2D eigenvalue weighted by Crippen LogP contribution is -2.48. The highest BCUT2D eigenvalue weighted by molar-refractivity contribution is 6.39. The van der Waals surface area contributed by atoms with Gasteiger partial charge in [-0.2, -0.15) is 0 Å². The molecule has 1 aromatic rings. The minimum Gasteiger partial charge on any atom is -0.396 e. The van der Waals surface area contributed by atoms with E-state index in [4.69, 9.17) is 6.42 Å². The largest absolute Gasteiger partial charge is 0.396 e. The second-order valence-electron chi connectivity index (χ2n) is 5.98. The summed E-state index contributed by atoms with van der Waals surface area (Å²) in [7, 11) is 0. The molecule has 5 nitrogen and oxygen atoms in total. The average molecular weight is 314 g/mol. The summed E-state index contributed by atoms with van der Waals surface area (Å²) in [4.78, 5) is 25.9. The standard InChI is InChI=1S/C18H22N2O3/c1-3-14-6-5-7-15(12-14)19-16(22)17(23)20-10-8-18(4-2,13-21)9-11-20/h1,5-7,12,21H,4,8-11,13H2,2H3,(H,19,22). The predicted molar refractivity (Wildman–Crippen MR) is 88.6 cm³/mol. The highest BCUT2D eigenvalue weighted by atomic mass is 16.3. The minimum absolute atomic E-state index is 0.117. The number of amides is 2. The number of carbonyl (C=O) groups is 2. The summed E-state index contributed by atoms with van der Waals surface area (Å²) in [6.07, 6.45) is 7.62. The first-order chi connectivity index (χ1) is 11.0. The van der Waals surface area contributed by atoms with E-state index in [9.17, 15) is 14.7 Å². The number of piperidine rings is 1. The van der Waals surface area contributed by atoms with Crippen LogP contribution in [0, 0.1) is 17.8 Å². The van der Waals surface area contributed by atoms with Gasteiger partial charge in [0.1, 0.15) is 0 Å². The van der Waals surface area contributed by atoms with E-state index in [-0.39, 0.29) is 12.0 Å². The van der Waals surface area contributed by atoms with Gasteiger partial charge in [-0.05, 0) is 42.9 Å². The molecule has 1 aliphatic rings. The quantitative estimate of drug-likeness (QED) is 0.658. The minimum atomic E-state index is -0.660. The summed E-state index contributed by atoms with van der Waals surface area (Å²) in [6, 6.07) is 6.82. The molecule has 1 aromatic carbocycles. The fourth-order valence-electron chi connectivity index (χ4n) is 2.82. The van der Waals surface area contributed by atoms with Gasteiger partial charge in [0.15, 0.2) is 0 Å². The SMILES string of the molecule is C#Cc1cccc(NC(=O)C(=O)N2CCC(CC)(CO)CC2)c1. The van der Waals surface area contributed by atoms with Gasteiger partial charge < -0.3 is 15.3 Å². The van der Waals surface area contributed by atoms with Crippen molar-refractivity contribution in [1.82, 2.24) is 4.90 Å². The Balaban J connectivity index is 1.96. The van der Waals surface area contributed by atoms with Gasteiger partial charge in [-0.1, -0.05) is 18.9 Å². The highest BCUT2D eigenvalue weighted by Crippen LogP contribution is 2.34. The molecule has 122 valence electrons. The van der Waals surface area contributed by atoms with Crippen molar-refractivity contribution in [2.75, 3.05) is 25.0 Å². The van der Waals surface area contributed by atoms with Crippen molar-refractivity contribution in [1.29, 1.82) is 0 Å². The van der Waals surface area contributed by atoms with Crippen molar-refractivity contribution in [2.45, 2.75) is 26.2 Å². The number of likely N-dealkylation sites (tertiary alicyclic amines) is 1. The molecule has 0 radical (unpaired) electrons. The van der Waals surface area contributed by atoms with E-state index in [1.807, 2.05) is 6.92 Å². The van der Waals surface area contributed by atoms with Crippen molar-refractivity contribution in [3.8, 4) is 12.3 Å². The number of nitrogens with zero attached hydrogens (tertiary/aromatic N) is 1. The van der Waals surface area contributed by atoms with Crippen LogP contribution in [0.15, 0.2) is 24.3 Å². The number of nitrogens with one attached hydrogen (secondary N) is 1. The van der Waals surface area contributed by atoms with Gasteiger partial charge in [-0.15, -0.1) is 6.42 Å². The third-order valence-electron chi connectivity index (χ3n) is 4.68. The van der Waals surface area contributed by atoms with Crippen LogP contribution in [0.25, 0.3) is 0 Å². The second kappa shape index (κ2) is 7.30. The molecule has 2 amide bonds. The molecule has 5 heteroatoms. The molecule has 0 aliphatic carbocycles. The van der Waals surface area contributed by atoms with Crippen molar-refractivity contribution in [3.63, 3.8) is 0 Å². The molecule has 1 fully saturated rings. The Morgan fingerprint density at radius 1 is 1.39 bits per heavy atom. The summed E-state index contributed by atoms with van der Waals surface area (Å²) < 4.78 is 0. The van der Waals surface area contributed by atoms with Crippen molar-refractivity contribution in [3.05, 3.63) is 29.8 Å². The summed E-state index contributed by atoms with van der Waals surface area (Å²) in [6.45, 7) is 3.14. The number of anilines is 1. The molecular weight excluding hydrogens is 292 g/mol. The van der Waals surface area contributed by atoms with E-state index >= 15 is 0 Å². The van der Waals surface area contributed by atoms with Crippen LogP contribution in [0.3, 0.4) is 0 Å². The fraction of sp³-hybridized carbons (Fsp3) is 0.444. The van der Waals surface area contributed by atoms with Crippen LogP contribution in [-0.2, 0) is 9.59 Å². The third-order valence-corrected chi connectivity index (χ3v) is 4.68. The third kappa shape index (κ3) is 3.91. The molecule has 0 saturated carbocycles. The van der Waals surface area contributed by atoms with Gasteiger partial charge in [-0.25, -0.2) is 0 Å². The fourth-order valence-corrected chi connectivity index (χ4v) is 2.82. The molecule has 1 heterocycles. The number of hydrogen-bond acceptors (Lipinski definition) is 3. The van der Waals surface area contributed by atoms with Crippen LogP contribution in [-0.4, -0.2) is 41.5 Å². The van der Waals surface area contributed by atoms with Gasteiger partial charge in [0, 0.05) is 30.9 Å². The molecule has 1 saturated heterocycles. The number of aliphatic hydroxyl groups is 1. The van der Waals surface area contributed by atoms with Crippen LogP contribution in [0.5, 0.6) is 0 Å². The first-order valence-corrected chi connectivity index (χ1v) is 7.81. The number of aliphatic hydroxyl groups excluding tert-OH is 1. The lowest BCUT2D eigenvalue weighted by Gasteiger charge is -2.39. The predicted octanol–water partition coefficient (Wildman–Crippen LogP) is 1.62. The number of terminal acetylenes is 1. The van der Waals surface area contributed by atoms with Gasteiger partial charge in [-0.3, -0.25) is 9.59 Å². The molecule has 2 rings (SSSR count). The van der Waals surface area contributed by atoms with Gasteiger partial charge >= 0.3 is 11.8 Å². The Hall–Kier alpha value is -2.32. The van der Waals surface area contributed by atoms with Crippen LogP contribution < -0.4 is 5.32 Å². The van der Waals surface area contributed by atoms with Crippen molar-refractivity contribution < 1.29 is 14.7 Å². The zero-order valence-electron chi connectivity index (χ0n) is 13.3. The van der Waals surface area contributed by atoms with E-state index in [2.05, 4.69) is 11.2 Å². The van der Waals surface area contributed by atoms with Crippen LogP contribution in [0.1, 0.15) is 31.7 Å². The molecule has 2 N–H and O–H groups in total. The van der Waals surface area contributed by atoms with Gasteiger partial charge in [0.2, 0.25) is 0 Å². The van der Waals surface area contributed by atoms with Gasteiger partial charge in [0.05, 0.1) is 0 Å². The lowest BCUT2D eigenvalue weighted by molar-refractivity contribution is -0.145. The van der Waals surface area contributed by atoms with E-state index in [1.54, 1.807) is 29.2 Å². The maximum Gasteiger partial charge on any atom is 0.313 e. The molecular formula is C18H22N2O3. The molecule has 0 bridgehead atoms.